The third-order valence-corrected chi connectivity index (χ3v) is 5.97. The van der Waals surface area contributed by atoms with Crippen molar-refractivity contribution >= 4 is 33.4 Å². The zero-order valence-corrected chi connectivity index (χ0v) is 16.0. The maximum Gasteiger partial charge on any atom is 0.326 e. The summed E-state index contributed by atoms with van der Waals surface area (Å²) in [6, 6.07) is 7.78. The third-order valence-electron chi connectivity index (χ3n) is 5.28. The maximum absolute atomic E-state index is 12.6. The summed E-state index contributed by atoms with van der Waals surface area (Å²) in [6.45, 7) is 3.61. The molecule has 0 radical (unpaired) electrons. The lowest BCUT2D eigenvalue weighted by Gasteiger charge is -2.36. The molecule has 3 heterocycles. The number of carbonyl (C=O) groups excluding carboxylic acids is 1. The highest BCUT2D eigenvalue weighted by molar-refractivity contribution is 7.13. The Morgan fingerprint density at radius 3 is 2.85 bits per heavy atom. The highest BCUT2D eigenvalue weighted by Crippen LogP contribution is 2.26. The zero-order valence-electron chi connectivity index (χ0n) is 15.2. The minimum Gasteiger partial charge on any atom is -0.306 e. The Hall–Kier alpha value is -2.45. The Labute approximate surface area is 161 Å². The number of anilines is 1. The first-order valence-electron chi connectivity index (χ1n) is 9.31. The minimum absolute atomic E-state index is 0.00448. The normalized spacial score (nSPS) is 17.2. The molecule has 1 aliphatic rings. The number of rotatable bonds is 5. The van der Waals surface area contributed by atoms with Crippen LogP contribution in [0.5, 0.6) is 0 Å². The molecule has 1 aliphatic heterocycles. The third kappa shape index (κ3) is 3.54. The molecule has 1 aromatic carbocycles. The van der Waals surface area contributed by atoms with E-state index in [9.17, 15) is 9.59 Å². The molecule has 8 heteroatoms. The molecule has 1 fully saturated rings. The molecule has 0 spiro atoms. The molecule has 2 aromatic heterocycles. The quantitative estimate of drug-likeness (QED) is 0.707. The molecule has 1 atom stereocenters. The Kier molecular flexibility index (Phi) is 5.09. The van der Waals surface area contributed by atoms with Crippen molar-refractivity contribution in [3.8, 4) is 0 Å². The van der Waals surface area contributed by atoms with Gasteiger partial charge in [-0.2, -0.15) is 0 Å². The second-order valence-electron chi connectivity index (χ2n) is 6.84. The van der Waals surface area contributed by atoms with E-state index >= 15 is 0 Å². The van der Waals surface area contributed by atoms with Crippen molar-refractivity contribution in [2.24, 2.45) is 0 Å². The second kappa shape index (κ2) is 7.66. The molecule has 1 unspecified atom stereocenters. The van der Waals surface area contributed by atoms with E-state index in [-0.39, 0.29) is 23.7 Å². The molecule has 1 saturated heterocycles. The van der Waals surface area contributed by atoms with E-state index in [1.807, 2.05) is 41.1 Å². The fraction of sp³-hybridized carbons (Fsp3) is 0.421. The molecule has 4 rings (SSSR count). The van der Waals surface area contributed by atoms with Gasteiger partial charge in [0.25, 0.3) is 0 Å². The van der Waals surface area contributed by atoms with E-state index in [0.29, 0.717) is 5.13 Å². The fourth-order valence-corrected chi connectivity index (χ4v) is 4.51. The number of aromatic nitrogens is 3. The van der Waals surface area contributed by atoms with Crippen molar-refractivity contribution in [3.63, 3.8) is 0 Å². The first-order valence-corrected chi connectivity index (χ1v) is 10.2. The summed E-state index contributed by atoms with van der Waals surface area (Å²) in [4.78, 5) is 34.3. The number of aromatic amines is 1. The molecule has 27 heavy (non-hydrogen) atoms. The van der Waals surface area contributed by atoms with Gasteiger partial charge in [0.1, 0.15) is 0 Å². The van der Waals surface area contributed by atoms with Gasteiger partial charge in [-0.05, 0) is 31.4 Å². The predicted molar refractivity (Wildman–Crippen MR) is 107 cm³/mol. The number of para-hydroxylation sites is 2. The minimum atomic E-state index is -0.172. The number of carbonyl (C=O) groups is 1. The van der Waals surface area contributed by atoms with E-state index in [1.54, 1.807) is 6.20 Å². The summed E-state index contributed by atoms with van der Waals surface area (Å²) in [6.07, 6.45) is 4.13. The number of amides is 1. The van der Waals surface area contributed by atoms with Crippen LogP contribution in [0.15, 0.2) is 40.6 Å². The Balaban J connectivity index is 1.45. The van der Waals surface area contributed by atoms with Crippen molar-refractivity contribution in [2.45, 2.75) is 38.3 Å². The van der Waals surface area contributed by atoms with E-state index in [4.69, 9.17) is 0 Å². The van der Waals surface area contributed by atoms with Crippen molar-refractivity contribution < 1.29 is 4.79 Å². The Bertz CT molecular complexity index is 970. The van der Waals surface area contributed by atoms with Gasteiger partial charge in [0.05, 0.1) is 17.1 Å². The van der Waals surface area contributed by atoms with Crippen LogP contribution in [-0.2, 0) is 4.79 Å². The summed E-state index contributed by atoms with van der Waals surface area (Å²) in [5.41, 5.74) is 1.77. The molecule has 0 saturated carbocycles. The van der Waals surface area contributed by atoms with Crippen LogP contribution in [0.2, 0.25) is 0 Å². The van der Waals surface area contributed by atoms with Gasteiger partial charge >= 0.3 is 5.69 Å². The van der Waals surface area contributed by atoms with Gasteiger partial charge in [0.15, 0.2) is 5.13 Å². The van der Waals surface area contributed by atoms with E-state index < -0.39 is 0 Å². The van der Waals surface area contributed by atoms with Crippen molar-refractivity contribution in [2.75, 3.05) is 18.4 Å². The lowest BCUT2D eigenvalue weighted by molar-refractivity contribution is -0.122. The largest absolute Gasteiger partial charge is 0.326 e. The fourth-order valence-electron chi connectivity index (χ4n) is 3.98. The van der Waals surface area contributed by atoms with Crippen LogP contribution >= 0.6 is 11.3 Å². The van der Waals surface area contributed by atoms with Crippen molar-refractivity contribution in [1.82, 2.24) is 19.4 Å². The standard InChI is InChI=1S/C19H23N5O2S/c1-2-15(17(25)22-18-20-9-12-27-18)23-10-7-13(8-11-23)24-16-6-4-3-5-14(16)21-19(24)26/h3-6,9,12-13,15H,2,7-8,10-11H2,1H3,(H,21,26)(H,20,22,25). The zero-order chi connectivity index (χ0) is 18.8. The van der Waals surface area contributed by atoms with Gasteiger partial charge in [-0.3, -0.25) is 14.3 Å². The number of H-pyrrole nitrogens is 1. The van der Waals surface area contributed by atoms with Crippen LogP contribution in [0.3, 0.4) is 0 Å². The molecular formula is C19H23N5O2S. The molecule has 0 aliphatic carbocycles. The van der Waals surface area contributed by atoms with Crippen LogP contribution in [0.4, 0.5) is 5.13 Å². The summed E-state index contributed by atoms with van der Waals surface area (Å²) < 4.78 is 1.88. The molecule has 2 N–H and O–H groups in total. The van der Waals surface area contributed by atoms with E-state index in [1.165, 1.54) is 11.3 Å². The summed E-state index contributed by atoms with van der Waals surface area (Å²) in [7, 11) is 0. The van der Waals surface area contributed by atoms with Gasteiger partial charge in [-0.1, -0.05) is 19.1 Å². The molecule has 1 amide bonds. The topological polar surface area (TPSA) is 83.0 Å². The van der Waals surface area contributed by atoms with Crippen LogP contribution in [0, 0.1) is 0 Å². The van der Waals surface area contributed by atoms with E-state index in [0.717, 1.165) is 43.4 Å². The lowest BCUT2D eigenvalue weighted by atomic mass is 10.0. The number of nitrogens with one attached hydrogen (secondary N) is 2. The van der Waals surface area contributed by atoms with Crippen molar-refractivity contribution in [3.05, 3.63) is 46.3 Å². The van der Waals surface area contributed by atoms with Crippen LogP contribution in [0.1, 0.15) is 32.2 Å². The van der Waals surface area contributed by atoms with Gasteiger partial charge in [0.2, 0.25) is 5.91 Å². The smallest absolute Gasteiger partial charge is 0.306 e. The summed E-state index contributed by atoms with van der Waals surface area (Å²) in [5.74, 6) is -0.00448. The highest BCUT2D eigenvalue weighted by atomic mass is 32.1. The van der Waals surface area contributed by atoms with Crippen LogP contribution < -0.4 is 11.0 Å². The molecule has 7 nitrogen and oxygen atoms in total. The van der Waals surface area contributed by atoms with E-state index in [2.05, 4.69) is 20.2 Å². The first-order chi connectivity index (χ1) is 13.2. The average molecular weight is 385 g/mol. The SMILES string of the molecule is CCC(C(=O)Nc1nccs1)N1CCC(n2c(=O)[nH]c3ccccc32)CC1. The predicted octanol–water partition coefficient (Wildman–Crippen LogP) is 2.84. The number of hydrogen-bond acceptors (Lipinski definition) is 5. The first kappa shape index (κ1) is 17.9. The summed E-state index contributed by atoms with van der Waals surface area (Å²) in [5, 5.41) is 5.39. The summed E-state index contributed by atoms with van der Waals surface area (Å²) >= 11 is 1.42. The highest BCUT2D eigenvalue weighted by Gasteiger charge is 2.30. The number of likely N-dealkylation sites (tertiary alicyclic amines) is 1. The molecule has 142 valence electrons. The van der Waals surface area contributed by atoms with Crippen molar-refractivity contribution in [1.29, 1.82) is 0 Å². The Morgan fingerprint density at radius 2 is 2.15 bits per heavy atom. The number of benzene rings is 1. The monoisotopic (exact) mass is 385 g/mol. The van der Waals surface area contributed by atoms with Gasteiger partial charge in [-0.25, -0.2) is 9.78 Å². The number of hydrogen-bond donors (Lipinski definition) is 2. The number of fused-ring (bicyclic) bond motifs is 1. The number of nitrogens with zero attached hydrogens (tertiary/aromatic N) is 3. The molecular weight excluding hydrogens is 362 g/mol. The number of thiazole rings is 1. The van der Waals surface area contributed by atoms with Gasteiger partial charge in [0, 0.05) is 30.7 Å². The number of piperidine rings is 1. The maximum atomic E-state index is 12.6. The molecule has 0 bridgehead atoms. The second-order valence-corrected chi connectivity index (χ2v) is 7.73. The van der Waals surface area contributed by atoms with Gasteiger partial charge in [-0.15, -0.1) is 11.3 Å². The Morgan fingerprint density at radius 1 is 1.37 bits per heavy atom. The number of imidazole rings is 1. The van der Waals surface area contributed by atoms with Crippen LogP contribution in [-0.4, -0.2) is 44.5 Å². The van der Waals surface area contributed by atoms with Gasteiger partial charge < -0.3 is 10.3 Å². The lowest BCUT2D eigenvalue weighted by Crippen LogP contribution is -2.48. The molecule has 3 aromatic rings. The average Bonchev–Trinajstić information content (AvgIpc) is 3.29. The van der Waals surface area contributed by atoms with Crippen LogP contribution in [0.25, 0.3) is 11.0 Å².